The minimum absolute atomic E-state index is 0.0867. The summed E-state index contributed by atoms with van der Waals surface area (Å²) in [6.07, 6.45) is 0.700. The molecule has 1 saturated heterocycles. The Balaban J connectivity index is 2.05. The van der Waals surface area contributed by atoms with Gasteiger partial charge in [0.25, 0.3) is 0 Å². The molecule has 0 aliphatic carbocycles. The maximum absolute atomic E-state index is 11.4. The molecule has 4 nitrogen and oxygen atoms in total. The summed E-state index contributed by atoms with van der Waals surface area (Å²) in [5, 5.41) is 0.628. The van der Waals surface area contributed by atoms with Crippen LogP contribution in [-0.2, 0) is 16.4 Å². The van der Waals surface area contributed by atoms with Gasteiger partial charge in [-0.15, -0.1) is 0 Å². The van der Waals surface area contributed by atoms with Gasteiger partial charge in [0, 0.05) is 23.3 Å². The van der Waals surface area contributed by atoms with Crippen LogP contribution in [0.4, 0.5) is 5.69 Å². The highest BCUT2D eigenvalue weighted by Gasteiger charge is 2.30. The van der Waals surface area contributed by atoms with Crippen LogP contribution in [0, 0.1) is 0 Å². The smallest absolute Gasteiger partial charge is 0.151 e. The van der Waals surface area contributed by atoms with Crippen LogP contribution in [0.5, 0.6) is 0 Å². The lowest BCUT2D eigenvalue weighted by molar-refractivity contribution is 0.254. The molecule has 1 fully saturated rings. The molecular weight excluding hydrogens is 272 g/mol. The zero-order valence-electron chi connectivity index (χ0n) is 10.3. The first-order valence-corrected chi connectivity index (χ1v) is 8.02. The molecule has 0 aromatic heterocycles. The van der Waals surface area contributed by atoms with Crippen molar-refractivity contribution in [1.29, 1.82) is 0 Å². The number of rotatable bonds is 3. The van der Waals surface area contributed by atoms with Crippen molar-refractivity contribution in [1.82, 2.24) is 4.90 Å². The number of nitrogens with zero attached hydrogens (tertiary/aromatic N) is 1. The molecule has 18 heavy (non-hydrogen) atoms. The van der Waals surface area contributed by atoms with Gasteiger partial charge in [-0.05, 0) is 31.2 Å². The molecule has 2 rings (SSSR count). The van der Waals surface area contributed by atoms with E-state index < -0.39 is 9.84 Å². The van der Waals surface area contributed by atoms with Crippen LogP contribution in [0.1, 0.15) is 12.0 Å². The molecule has 0 bridgehead atoms. The Morgan fingerprint density at radius 1 is 1.50 bits per heavy atom. The highest BCUT2D eigenvalue weighted by molar-refractivity contribution is 7.91. The Morgan fingerprint density at radius 2 is 2.22 bits per heavy atom. The number of nitrogens with two attached hydrogens (primary N) is 1. The van der Waals surface area contributed by atoms with E-state index in [2.05, 4.69) is 0 Å². The zero-order chi connectivity index (χ0) is 13.3. The second-order valence-electron chi connectivity index (χ2n) is 4.82. The number of hydrogen-bond acceptors (Lipinski definition) is 4. The Kier molecular flexibility index (Phi) is 3.84. The van der Waals surface area contributed by atoms with Crippen molar-refractivity contribution in [2.24, 2.45) is 0 Å². The van der Waals surface area contributed by atoms with Gasteiger partial charge in [-0.3, -0.25) is 4.90 Å². The maximum Gasteiger partial charge on any atom is 0.151 e. The van der Waals surface area contributed by atoms with Gasteiger partial charge < -0.3 is 5.73 Å². The standard InChI is InChI=1S/C12H17ClN2O2S/c1-15(11-4-5-18(16,17)8-11)7-9-2-3-10(14)6-12(9)13/h2-3,6,11H,4-5,7-8,14H2,1H3. The Morgan fingerprint density at radius 3 is 2.78 bits per heavy atom. The lowest BCUT2D eigenvalue weighted by Gasteiger charge is -2.23. The molecule has 6 heteroatoms. The molecule has 0 spiro atoms. The molecule has 1 aromatic carbocycles. The second-order valence-corrected chi connectivity index (χ2v) is 7.46. The fourth-order valence-corrected chi connectivity index (χ4v) is 4.27. The lowest BCUT2D eigenvalue weighted by atomic mass is 10.1. The molecule has 0 amide bonds. The molecule has 0 radical (unpaired) electrons. The molecule has 100 valence electrons. The van der Waals surface area contributed by atoms with Crippen LogP contribution < -0.4 is 5.73 Å². The van der Waals surface area contributed by atoms with Gasteiger partial charge in [0.05, 0.1) is 11.5 Å². The van der Waals surface area contributed by atoms with Crippen LogP contribution in [0.2, 0.25) is 5.02 Å². The van der Waals surface area contributed by atoms with E-state index >= 15 is 0 Å². The molecule has 1 aromatic rings. The minimum atomic E-state index is -2.84. The topological polar surface area (TPSA) is 63.4 Å². The highest BCUT2D eigenvalue weighted by Crippen LogP contribution is 2.23. The van der Waals surface area contributed by atoms with Gasteiger partial charge >= 0.3 is 0 Å². The zero-order valence-corrected chi connectivity index (χ0v) is 11.8. The molecule has 1 unspecified atom stereocenters. The summed E-state index contributed by atoms with van der Waals surface area (Å²) in [4.78, 5) is 2.04. The van der Waals surface area contributed by atoms with E-state index in [1.54, 1.807) is 12.1 Å². The van der Waals surface area contributed by atoms with Crippen molar-refractivity contribution in [2.45, 2.75) is 19.0 Å². The van der Waals surface area contributed by atoms with Crippen LogP contribution in [0.25, 0.3) is 0 Å². The molecule has 2 N–H and O–H groups in total. The molecule has 1 aliphatic rings. The Labute approximate surface area is 113 Å². The summed E-state index contributed by atoms with van der Waals surface area (Å²) in [6.45, 7) is 0.638. The predicted molar refractivity (Wildman–Crippen MR) is 74.4 cm³/mol. The fourth-order valence-electron chi connectivity index (χ4n) is 2.21. The third-order valence-corrected chi connectivity index (χ3v) is 5.43. The largest absolute Gasteiger partial charge is 0.399 e. The fraction of sp³-hybridized carbons (Fsp3) is 0.500. The van der Waals surface area contributed by atoms with Gasteiger partial charge in [0.15, 0.2) is 9.84 Å². The van der Waals surface area contributed by atoms with E-state index in [4.69, 9.17) is 17.3 Å². The Hall–Kier alpha value is -0.780. The number of nitrogen functional groups attached to an aromatic ring is 1. The first-order chi connectivity index (χ1) is 8.37. The van der Waals surface area contributed by atoms with Crippen LogP contribution in [-0.4, -0.2) is 37.9 Å². The average molecular weight is 289 g/mol. The van der Waals surface area contributed by atoms with E-state index in [1.165, 1.54) is 0 Å². The van der Waals surface area contributed by atoms with Crippen molar-refractivity contribution in [3.63, 3.8) is 0 Å². The van der Waals surface area contributed by atoms with Gasteiger partial charge in [-0.1, -0.05) is 17.7 Å². The highest BCUT2D eigenvalue weighted by atomic mass is 35.5. The molecule has 1 atom stereocenters. The van der Waals surface area contributed by atoms with E-state index in [9.17, 15) is 8.42 Å². The van der Waals surface area contributed by atoms with Gasteiger partial charge in [0.1, 0.15) is 0 Å². The van der Waals surface area contributed by atoms with Gasteiger partial charge in [0.2, 0.25) is 0 Å². The summed E-state index contributed by atoms with van der Waals surface area (Å²) in [5.41, 5.74) is 7.24. The number of benzene rings is 1. The lowest BCUT2D eigenvalue weighted by Crippen LogP contribution is -2.32. The van der Waals surface area contributed by atoms with Gasteiger partial charge in [-0.25, -0.2) is 8.42 Å². The minimum Gasteiger partial charge on any atom is -0.399 e. The summed E-state index contributed by atoms with van der Waals surface area (Å²) < 4.78 is 22.9. The quantitative estimate of drug-likeness (QED) is 0.857. The van der Waals surface area contributed by atoms with E-state index in [0.717, 1.165) is 5.56 Å². The maximum atomic E-state index is 11.4. The van der Waals surface area contributed by atoms with Crippen molar-refractivity contribution >= 4 is 27.1 Å². The van der Waals surface area contributed by atoms with Crippen LogP contribution in [0.3, 0.4) is 0 Å². The monoisotopic (exact) mass is 288 g/mol. The summed E-state index contributed by atoms with van der Waals surface area (Å²) in [7, 11) is -0.915. The SMILES string of the molecule is CN(Cc1ccc(N)cc1Cl)C1CCS(=O)(=O)C1. The normalized spacial score (nSPS) is 22.5. The third kappa shape index (κ3) is 3.16. The van der Waals surface area contributed by atoms with Crippen molar-refractivity contribution < 1.29 is 8.42 Å². The summed E-state index contributed by atoms with van der Waals surface area (Å²) in [6, 6.07) is 5.50. The van der Waals surface area contributed by atoms with E-state index in [0.29, 0.717) is 23.7 Å². The third-order valence-electron chi connectivity index (χ3n) is 3.33. The van der Waals surface area contributed by atoms with E-state index in [-0.39, 0.29) is 17.5 Å². The molecule has 1 heterocycles. The van der Waals surface area contributed by atoms with Crippen molar-refractivity contribution in [3.8, 4) is 0 Å². The molecule has 0 saturated carbocycles. The van der Waals surface area contributed by atoms with Gasteiger partial charge in [-0.2, -0.15) is 0 Å². The van der Waals surface area contributed by atoms with Crippen molar-refractivity contribution in [2.75, 3.05) is 24.3 Å². The summed E-state index contributed by atoms with van der Waals surface area (Å²) in [5.74, 6) is 0.535. The molecule has 1 aliphatic heterocycles. The Bertz CT molecular complexity index is 545. The van der Waals surface area contributed by atoms with E-state index in [1.807, 2.05) is 18.0 Å². The number of hydrogen-bond donors (Lipinski definition) is 1. The number of sulfone groups is 1. The predicted octanol–water partition coefficient (Wildman–Crippen LogP) is 1.54. The number of anilines is 1. The number of halogens is 1. The van der Waals surface area contributed by atoms with Crippen LogP contribution >= 0.6 is 11.6 Å². The first-order valence-electron chi connectivity index (χ1n) is 5.82. The van der Waals surface area contributed by atoms with Crippen molar-refractivity contribution in [3.05, 3.63) is 28.8 Å². The average Bonchev–Trinajstić information content (AvgIpc) is 2.63. The summed E-state index contributed by atoms with van der Waals surface area (Å²) >= 11 is 6.11. The first kappa shape index (κ1) is 13.6. The molecular formula is C12H17ClN2O2S. The second kappa shape index (κ2) is 5.07. The van der Waals surface area contributed by atoms with Crippen LogP contribution in [0.15, 0.2) is 18.2 Å².